The van der Waals surface area contributed by atoms with Crippen molar-refractivity contribution in [2.45, 2.75) is 26.7 Å². The molecule has 3 aromatic rings. The number of benzene rings is 3. The van der Waals surface area contributed by atoms with E-state index in [4.69, 9.17) is 0 Å². The fourth-order valence-corrected chi connectivity index (χ4v) is 3.10. The Morgan fingerprint density at radius 3 is 2.00 bits per heavy atom. The van der Waals surface area contributed by atoms with Gasteiger partial charge in [0.2, 0.25) is 0 Å². The summed E-state index contributed by atoms with van der Waals surface area (Å²) in [6, 6.07) is 26.0. The molecule has 0 nitrogen and oxygen atoms in total. The van der Waals surface area contributed by atoms with E-state index in [9.17, 15) is 0 Å². The van der Waals surface area contributed by atoms with E-state index < -0.39 is 0 Å². The molecule has 0 aliphatic heterocycles. The minimum absolute atomic E-state index is 0.991. The Kier molecular flexibility index (Phi) is 4.39. The molecule has 0 radical (unpaired) electrons. The zero-order valence-electron chi connectivity index (χ0n) is 13.3. The lowest BCUT2D eigenvalue weighted by molar-refractivity contribution is 1.07. The predicted octanol–water partition coefficient (Wildman–Crippen LogP) is 5.82. The standard InChI is InChI=1S/C22H22/c1-3-19-14-15-21(20-12-8-5-9-13-20)22(17(19)2)16-18-10-6-4-7-11-18/h4-15H,3,16H2,1-2H3. The first kappa shape index (κ1) is 14.6. The van der Waals surface area contributed by atoms with Crippen LogP contribution in [0, 0.1) is 6.92 Å². The van der Waals surface area contributed by atoms with Crippen LogP contribution in [0.15, 0.2) is 72.8 Å². The van der Waals surface area contributed by atoms with Gasteiger partial charge in [-0.1, -0.05) is 79.7 Å². The minimum atomic E-state index is 0.991. The lowest BCUT2D eigenvalue weighted by Crippen LogP contribution is -1.99. The Balaban J connectivity index is 2.12. The van der Waals surface area contributed by atoms with Crippen molar-refractivity contribution in [2.24, 2.45) is 0 Å². The average Bonchev–Trinajstić information content (AvgIpc) is 2.58. The summed E-state index contributed by atoms with van der Waals surface area (Å²) in [5.74, 6) is 0. The molecular weight excluding hydrogens is 264 g/mol. The summed E-state index contributed by atoms with van der Waals surface area (Å²) in [5, 5.41) is 0. The van der Waals surface area contributed by atoms with Gasteiger partial charge in [-0.25, -0.2) is 0 Å². The fourth-order valence-electron chi connectivity index (χ4n) is 3.10. The largest absolute Gasteiger partial charge is 0.0622 e. The van der Waals surface area contributed by atoms with Gasteiger partial charge in [0, 0.05) is 0 Å². The van der Waals surface area contributed by atoms with E-state index in [0.717, 1.165) is 12.8 Å². The number of hydrogen-bond donors (Lipinski definition) is 0. The predicted molar refractivity (Wildman–Crippen MR) is 95.2 cm³/mol. The highest BCUT2D eigenvalue weighted by Gasteiger charge is 2.11. The summed E-state index contributed by atoms with van der Waals surface area (Å²) in [6.45, 7) is 4.50. The van der Waals surface area contributed by atoms with Crippen molar-refractivity contribution in [3.8, 4) is 11.1 Å². The molecule has 0 heteroatoms. The molecule has 0 saturated heterocycles. The lowest BCUT2D eigenvalue weighted by atomic mass is 9.88. The molecule has 0 aliphatic rings. The van der Waals surface area contributed by atoms with E-state index in [1.54, 1.807) is 0 Å². The third-order valence-electron chi connectivity index (χ3n) is 4.40. The summed E-state index contributed by atoms with van der Waals surface area (Å²) in [6.07, 6.45) is 2.08. The van der Waals surface area contributed by atoms with Gasteiger partial charge in [0.05, 0.1) is 0 Å². The molecule has 0 N–H and O–H groups in total. The van der Waals surface area contributed by atoms with Gasteiger partial charge < -0.3 is 0 Å². The van der Waals surface area contributed by atoms with Crippen LogP contribution in [0.4, 0.5) is 0 Å². The molecule has 0 heterocycles. The summed E-state index contributed by atoms with van der Waals surface area (Å²) in [5.41, 5.74) is 8.38. The number of rotatable bonds is 4. The first-order chi connectivity index (χ1) is 10.8. The van der Waals surface area contributed by atoms with E-state index in [0.29, 0.717) is 0 Å². The first-order valence-electron chi connectivity index (χ1n) is 8.00. The molecule has 0 aromatic heterocycles. The molecule has 3 rings (SSSR count). The second kappa shape index (κ2) is 6.62. The Morgan fingerprint density at radius 2 is 1.36 bits per heavy atom. The highest BCUT2D eigenvalue weighted by Crippen LogP contribution is 2.30. The van der Waals surface area contributed by atoms with Crippen molar-refractivity contribution in [3.05, 3.63) is 95.1 Å². The molecular formula is C22H22. The molecule has 110 valence electrons. The van der Waals surface area contributed by atoms with Crippen LogP contribution < -0.4 is 0 Å². The molecule has 0 spiro atoms. The van der Waals surface area contributed by atoms with Crippen LogP contribution in [0.25, 0.3) is 11.1 Å². The summed E-state index contributed by atoms with van der Waals surface area (Å²) < 4.78 is 0. The second-order valence-electron chi connectivity index (χ2n) is 5.76. The highest BCUT2D eigenvalue weighted by atomic mass is 14.2. The number of hydrogen-bond acceptors (Lipinski definition) is 0. The molecule has 0 aliphatic carbocycles. The van der Waals surface area contributed by atoms with E-state index in [-0.39, 0.29) is 0 Å². The van der Waals surface area contributed by atoms with Gasteiger partial charge in [-0.15, -0.1) is 0 Å². The monoisotopic (exact) mass is 286 g/mol. The van der Waals surface area contributed by atoms with Crippen molar-refractivity contribution in [3.63, 3.8) is 0 Å². The summed E-state index contributed by atoms with van der Waals surface area (Å²) >= 11 is 0. The van der Waals surface area contributed by atoms with Crippen molar-refractivity contribution in [1.82, 2.24) is 0 Å². The van der Waals surface area contributed by atoms with Crippen LogP contribution in [0.5, 0.6) is 0 Å². The highest BCUT2D eigenvalue weighted by molar-refractivity contribution is 5.70. The Morgan fingerprint density at radius 1 is 0.727 bits per heavy atom. The van der Waals surface area contributed by atoms with Gasteiger partial charge in [-0.05, 0) is 53.1 Å². The van der Waals surface area contributed by atoms with Crippen molar-refractivity contribution in [1.29, 1.82) is 0 Å². The Hall–Kier alpha value is -2.34. The van der Waals surface area contributed by atoms with Crippen LogP contribution in [-0.4, -0.2) is 0 Å². The molecule has 0 saturated carbocycles. The van der Waals surface area contributed by atoms with Gasteiger partial charge in [-0.3, -0.25) is 0 Å². The smallest absolute Gasteiger partial charge is 0.00169 e. The minimum Gasteiger partial charge on any atom is -0.0622 e. The average molecular weight is 286 g/mol. The molecule has 0 unspecified atom stereocenters. The zero-order chi connectivity index (χ0) is 15.4. The maximum Gasteiger partial charge on any atom is -0.00169 e. The van der Waals surface area contributed by atoms with Gasteiger partial charge in [0.25, 0.3) is 0 Å². The van der Waals surface area contributed by atoms with Gasteiger partial charge >= 0.3 is 0 Å². The van der Waals surface area contributed by atoms with E-state index in [1.807, 2.05) is 0 Å². The molecule has 0 bridgehead atoms. The molecule has 0 fully saturated rings. The zero-order valence-corrected chi connectivity index (χ0v) is 13.3. The van der Waals surface area contributed by atoms with Gasteiger partial charge in [0.15, 0.2) is 0 Å². The van der Waals surface area contributed by atoms with Crippen LogP contribution in [0.1, 0.15) is 29.2 Å². The van der Waals surface area contributed by atoms with Gasteiger partial charge in [-0.2, -0.15) is 0 Å². The van der Waals surface area contributed by atoms with Crippen molar-refractivity contribution < 1.29 is 0 Å². The SMILES string of the molecule is CCc1ccc(-c2ccccc2)c(Cc2ccccc2)c1C. The first-order valence-corrected chi connectivity index (χ1v) is 8.00. The van der Waals surface area contributed by atoms with Crippen LogP contribution in [0.3, 0.4) is 0 Å². The fraction of sp³-hybridized carbons (Fsp3) is 0.182. The van der Waals surface area contributed by atoms with E-state index >= 15 is 0 Å². The molecule has 22 heavy (non-hydrogen) atoms. The maximum atomic E-state index is 2.29. The molecule has 0 amide bonds. The summed E-state index contributed by atoms with van der Waals surface area (Å²) in [4.78, 5) is 0. The normalized spacial score (nSPS) is 10.6. The van der Waals surface area contributed by atoms with E-state index in [1.165, 1.54) is 33.4 Å². The topological polar surface area (TPSA) is 0 Å². The quantitative estimate of drug-likeness (QED) is 0.567. The Labute approximate surface area is 133 Å². The lowest BCUT2D eigenvalue weighted by Gasteiger charge is -2.16. The summed E-state index contributed by atoms with van der Waals surface area (Å²) in [7, 11) is 0. The third kappa shape index (κ3) is 2.96. The van der Waals surface area contributed by atoms with Gasteiger partial charge in [0.1, 0.15) is 0 Å². The third-order valence-corrected chi connectivity index (χ3v) is 4.40. The van der Waals surface area contributed by atoms with Crippen LogP contribution >= 0.6 is 0 Å². The number of aryl methyl sites for hydroxylation is 1. The van der Waals surface area contributed by atoms with Crippen LogP contribution in [0.2, 0.25) is 0 Å². The maximum absolute atomic E-state index is 2.29. The Bertz CT molecular complexity index is 740. The molecule has 3 aromatic carbocycles. The van der Waals surface area contributed by atoms with Crippen molar-refractivity contribution >= 4 is 0 Å². The van der Waals surface area contributed by atoms with E-state index in [2.05, 4.69) is 86.6 Å². The second-order valence-corrected chi connectivity index (χ2v) is 5.76. The molecule has 0 atom stereocenters. The van der Waals surface area contributed by atoms with Crippen LogP contribution in [-0.2, 0) is 12.8 Å². The van der Waals surface area contributed by atoms with Crippen molar-refractivity contribution in [2.75, 3.05) is 0 Å².